The summed E-state index contributed by atoms with van der Waals surface area (Å²) in [4.78, 5) is 49.4. The lowest BCUT2D eigenvalue weighted by molar-refractivity contribution is -0.143. The van der Waals surface area contributed by atoms with Gasteiger partial charge in [0.2, 0.25) is 0 Å². The van der Waals surface area contributed by atoms with Crippen LogP contribution in [0.4, 0.5) is 0 Å². The van der Waals surface area contributed by atoms with Gasteiger partial charge in [-0.25, -0.2) is 4.79 Å². The van der Waals surface area contributed by atoms with E-state index in [0.717, 1.165) is 5.56 Å². The normalized spacial score (nSPS) is 12.8. The first-order chi connectivity index (χ1) is 16.7. The third-order valence-corrected chi connectivity index (χ3v) is 6.95. The predicted octanol–water partition coefficient (Wildman–Crippen LogP) is 2.98. The average Bonchev–Trinajstić information content (AvgIpc) is 3.38. The molecule has 0 aliphatic carbocycles. The molecule has 2 atom stereocenters. The Bertz CT molecular complexity index is 1250. The van der Waals surface area contributed by atoms with E-state index in [0.29, 0.717) is 35.3 Å². The maximum absolute atomic E-state index is 12.8. The molecule has 0 saturated carbocycles. The standard InChI is InChI=1S/C25H29N3O6S/c1-4-14(3)21(25(32)33)27-18(29)12-34-17-13-35-24-20(17)19(22(30)23(26)31)16(5-2)28(24)11-15-9-7-6-8-10-15/h6-10,13-14,21H,4-5,11-12H2,1-3H3,(H2,26,31)(H,27,29)(H,32,33)/t14-,21-/m0/s1. The highest BCUT2D eigenvalue weighted by Gasteiger charge is 2.29. The van der Waals surface area contributed by atoms with Gasteiger partial charge in [0.05, 0.1) is 10.9 Å². The number of nitrogens with zero attached hydrogens (tertiary/aromatic N) is 1. The maximum Gasteiger partial charge on any atom is 0.326 e. The number of benzene rings is 1. The van der Waals surface area contributed by atoms with Gasteiger partial charge in [-0.3, -0.25) is 14.4 Å². The van der Waals surface area contributed by atoms with Crippen LogP contribution in [-0.4, -0.2) is 45.9 Å². The number of ketones is 1. The number of primary amides is 1. The second-order valence-electron chi connectivity index (χ2n) is 8.28. The minimum atomic E-state index is -1.12. The Kier molecular flexibility index (Phi) is 8.29. The monoisotopic (exact) mass is 499 g/mol. The van der Waals surface area contributed by atoms with Crippen LogP contribution in [0.2, 0.25) is 0 Å². The lowest BCUT2D eigenvalue weighted by Crippen LogP contribution is -2.46. The summed E-state index contributed by atoms with van der Waals surface area (Å²) in [7, 11) is 0. The number of hydrogen-bond donors (Lipinski definition) is 3. The van der Waals surface area contributed by atoms with Crippen molar-refractivity contribution in [2.24, 2.45) is 11.7 Å². The molecule has 0 saturated heterocycles. The molecule has 3 aromatic rings. The predicted molar refractivity (Wildman–Crippen MR) is 133 cm³/mol. The third kappa shape index (κ3) is 5.54. The van der Waals surface area contributed by atoms with E-state index >= 15 is 0 Å². The van der Waals surface area contributed by atoms with Crippen molar-refractivity contribution in [2.45, 2.75) is 46.2 Å². The van der Waals surface area contributed by atoms with Gasteiger partial charge in [-0.05, 0) is 17.9 Å². The lowest BCUT2D eigenvalue weighted by Gasteiger charge is -2.20. The number of ether oxygens (including phenoxy) is 1. The molecule has 0 aliphatic heterocycles. The molecule has 4 N–H and O–H groups in total. The minimum Gasteiger partial charge on any atom is -0.482 e. The second-order valence-corrected chi connectivity index (χ2v) is 9.14. The average molecular weight is 500 g/mol. The molecule has 0 aliphatic rings. The zero-order valence-corrected chi connectivity index (χ0v) is 20.7. The summed E-state index contributed by atoms with van der Waals surface area (Å²) >= 11 is 1.33. The summed E-state index contributed by atoms with van der Waals surface area (Å²) in [6.45, 7) is 5.50. The highest BCUT2D eigenvalue weighted by Crippen LogP contribution is 2.40. The third-order valence-electron chi connectivity index (χ3n) is 5.97. The van der Waals surface area contributed by atoms with Gasteiger partial charge in [0, 0.05) is 17.6 Å². The molecule has 0 spiro atoms. The number of aliphatic carboxylic acids is 1. The topological polar surface area (TPSA) is 141 Å². The van der Waals surface area contributed by atoms with E-state index in [1.165, 1.54) is 11.3 Å². The summed E-state index contributed by atoms with van der Waals surface area (Å²) < 4.78 is 7.70. The number of carbonyl (C=O) groups excluding carboxylic acids is 3. The molecule has 10 heteroatoms. The van der Waals surface area contributed by atoms with Crippen LogP contribution >= 0.6 is 11.3 Å². The highest BCUT2D eigenvalue weighted by molar-refractivity contribution is 7.17. The molecule has 186 valence electrons. The van der Waals surface area contributed by atoms with Crippen LogP contribution in [0.5, 0.6) is 5.75 Å². The largest absolute Gasteiger partial charge is 0.482 e. The van der Waals surface area contributed by atoms with Gasteiger partial charge < -0.3 is 25.5 Å². The number of carboxylic acids is 1. The Morgan fingerprint density at radius 3 is 2.43 bits per heavy atom. The molecular weight excluding hydrogens is 470 g/mol. The maximum atomic E-state index is 12.8. The van der Waals surface area contributed by atoms with Crippen molar-refractivity contribution < 1.29 is 29.0 Å². The molecule has 1 aromatic carbocycles. The first-order valence-corrected chi connectivity index (χ1v) is 12.2. The molecule has 2 heterocycles. The number of Topliss-reactive ketones (excluding diaryl/α,β-unsaturated/α-hetero) is 1. The van der Waals surface area contributed by atoms with Gasteiger partial charge >= 0.3 is 5.97 Å². The van der Waals surface area contributed by atoms with E-state index in [1.54, 1.807) is 12.3 Å². The number of amides is 2. The van der Waals surface area contributed by atoms with Crippen molar-refractivity contribution in [2.75, 3.05) is 6.61 Å². The minimum absolute atomic E-state index is 0.172. The van der Waals surface area contributed by atoms with Gasteiger partial charge in [0.25, 0.3) is 17.6 Å². The molecular formula is C25H29N3O6S. The summed E-state index contributed by atoms with van der Waals surface area (Å²) in [5.74, 6) is -3.62. The van der Waals surface area contributed by atoms with Crippen molar-refractivity contribution in [1.29, 1.82) is 0 Å². The van der Waals surface area contributed by atoms with Crippen molar-refractivity contribution in [1.82, 2.24) is 9.88 Å². The SMILES string of the molecule is CCc1c(C(=O)C(N)=O)c2c(OCC(=O)N[C@H](C(=O)O)[C@@H](C)CC)csc2n1Cc1ccccc1. The van der Waals surface area contributed by atoms with E-state index in [9.17, 15) is 24.3 Å². The van der Waals surface area contributed by atoms with Crippen LogP contribution in [0.1, 0.15) is 48.8 Å². The number of fused-ring (bicyclic) bond motifs is 1. The van der Waals surface area contributed by atoms with Crippen LogP contribution in [0.25, 0.3) is 10.2 Å². The molecule has 0 fully saturated rings. The number of carboxylic acid groups (broad SMARTS) is 1. The lowest BCUT2D eigenvalue weighted by atomic mass is 9.99. The number of nitrogens with two attached hydrogens (primary N) is 1. The van der Waals surface area contributed by atoms with Crippen molar-refractivity contribution in [3.63, 3.8) is 0 Å². The van der Waals surface area contributed by atoms with Crippen molar-refractivity contribution in [3.8, 4) is 5.75 Å². The van der Waals surface area contributed by atoms with Crippen LogP contribution in [0.15, 0.2) is 35.7 Å². The van der Waals surface area contributed by atoms with E-state index in [1.807, 2.05) is 48.7 Å². The molecule has 35 heavy (non-hydrogen) atoms. The Balaban J connectivity index is 1.97. The van der Waals surface area contributed by atoms with Crippen LogP contribution < -0.4 is 15.8 Å². The van der Waals surface area contributed by atoms with Crippen LogP contribution in [-0.2, 0) is 27.3 Å². The quantitative estimate of drug-likeness (QED) is 0.258. The van der Waals surface area contributed by atoms with E-state index in [2.05, 4.69) is 5.32 Å². The summed E-state index contributed by atoms with van der Waals surface area (Å²) in [5, 5.41) is 14.0. The molecule has 0 unspecified atom stereocenters. The van der Waals surface area contributed by atoms with E-state index in [-0.39, 0.29) is 17.2 Å². The number of aromatic nitrogens is 1. The van der Waals surface area contributed by atoms with Crippen molar-refractivity contribution in [3.05, 3.63) is 52.5 Å². The van der Waals surface area contributed by atoms with Crippen LogP contribution in [0, 0.1) is 5.92 Å². The summed E-state index contributed by atoms with van der Waals surface area (Å²) in [5.41, 5.74) is 7.19. The van der Waals surface area contributed by atoms with Gasteiger partial charge in [0.1, 0.15) is 16.6 Å². The number of nitrogens with one attached hydrogen (secondary N) is 1. The number of thiophene rings is 1. The highest BCUT2D eigenvalue weighted by atomic mass is 32.1. The fourth-order valence-corrected chi connectivity index (χ4v) is 5.01. The Hall–Kier alpha value is -3.66. The van der Waals surface area contributed by atoms with Gasteiger partial charge in [0.15, 0.2) is 6.61 Å². The molecule has 0 bridgehead atoms. The molecule has 2 aromatic heterocycles. The smallest absolute Gasteiger partial charge is 0.326 e. The number of carbonyl (C=O) groups is 4. The first kappa shape index (κ1) is 26.0. The first-order valence-electron chi connectivity index (χ1n) is 11.3. The van der Waals surface area contributed by atoms with Crippen LogP contribution in [0.3, 0.4) is 0 Å². The number of rotatable bonds is 12. The summed E-state index contributed by atoms with van der Waals surface area (Å²) in [6.07, 6.45) is 1.05. The Morgan fingerprint density at radius 2 is 1.86 bits per heavy atom. The fourth-order valence-electron chi connectivity index (χ4n) is 3.98. The molecule has 3 rings (SSSR count). The molecule has 2 amide bonds. The zero-order chi connectivity index (χ0) is 25.7. The van der Waals surface area contributed by atoms with Gasteiger partial charge in [-0.1, -0.05) is 57.5 Å². The Labute approximate surface area is 206 Å². The van der Waals surface area contributed by atoms with Crippen molar-refractivity contribution >= 4 is 45.1 Å². The van der Waals surface area contributed by atoms with Gasteiger partial charge in [-0.2, -0.15) is 0 Å². The fraction of sp³-hybridized carbons (Fsp3) is 0.360. The second kappa shape index (κ2) is 11.2. The Morgan fingerprint density at radius 1 is 1.17 bits per heavy atom. The zero-order valence-electron chi connectivity index (χ0n) is 19.9. The van der Waals surface area contributed by atoms with E-state index in [4.69, 9.17) is 10.5 Å². The number of hydrogen-bond acceptors (Lipinski definition) is 6. The summed E-state index contributed by atoms with van der Waals surface area (Å²) in [6, 6.07) is 8.64. The molecule has 9 nitrogen and oxygen atoms in total. The van der Waals surface area contributed by atoms with Gasteiger partial charge in [-0.15, -0.1) is 11.3 Å². The molecule has 0 radical (unpaired) electrons. The van der Waals surface area contributed by atoms with E-state index < -0.39 is 36.2 Å².